The first-order valence-corrected chi connectivity index (χ1v) is 10.1. The number of hydrogen-bond acceptors (Lipinski definition) is 7. The number of furan rings is 1. The summed E-state index contributed by atoms with van der Waals surface area (Å²) in [5.74, 6) is 0.631. The molecule has 1 atom stereocenters. The van der Waals surface area contributed by atoms with Crippen molar-refractivity contribution in [1.29, 1.82) is 0 Å². The maximum atomic E-state index is 13.2. The summed E-state index contributed by atoms with van der Waals surface area (Å²) in [5, 5.41) is 9.16. The molecule has 0 fully saturated rings. The summed E-state index contributed by atoms with van der Waals surface area (Å²) in [6, 6.07) is 7.45. The largest absolute Gasteiger partial charge is 0.487 e. The summed E-state index contributed by atoms with van der Waals surface area (Å²) < 4.78 is 23.9. The second kappa shape index (κ2) is 9.27. The predicted octanol–water partition coefficient (Wildman–Crippen LogP) is 2.15. The van der Waals surface area contributed by atoms with Gasteiger partial charge in [-0.25, -0.2) is 4.68 Å². The van der Waals surface area contributed by atoms with E-state index in [1.807, 2.05) is 37.4 Å². The molecule has 1 aliphatic rings. The van der Waals surface area contributed by atoms with Gasteiger partial charge in [0, 0.05) is 26.3 Å². The van der Waals surface area contributed by atoms with Crippen LogP contribution in [0, 0.1) is 0 Å². The van der Waals surface area contributed by atoms with Crippen molar-refractivity contribution in [3.8, 4) is 5.75 Å². The van der Waals surface area contributed by atoms with Gasteiger partial charge in [-0.05, 0) is 19.1 Å². The van der Waals surface area contributed by atoms with E-state index in [1.54, 1.807) is 16.7 Å². The number of amides is 1. The molecular formula is C21H26N4O5. The fourth-order valence-electron chi connectivity index (χ4n) is 3.45. The molecule has 0 radical (unpaired) electrons. The quantitative estimate of drug-likeness (QED) is 0.496. The van der Waals surface area contributed by atoms with Crippen molar-refractivity contribution in [3.05, 3.63) is 41.9 Å². The van der Waals surface area contributed by atoms with E-state index in [1.165, 1.54) is 0 Å². The summed E-state index contributed by atoms with van der Waals surface area (Å²) in [6.07, 6.45) is 2.48. The molecule has 9 nitrogen and oxygen atoms in total. The van der Waals surface area contributed by atoms with Gasteiger partial charge in [0.15, 0.2) is 5.75 Å². The number of benzene rings is 1. The Kier molecular flexibility index (Phi) is 6.29. The van der Waals surface area contributed by atoms with Gasteiger partial charge in [-0.1, -0.05) is 17.3 Å². The van der Waals surface area contributed by atoms with Gasteiger partial charge in [0.05, 0.1) is 43.5 Å². The van der Waals surface area contributed by atoms with Gasteiger partial charge in [-0.2, -0.15) is 0 Å². The smallest absolute Gasteiger partial charge is 0.293 e. The number of carbonyl (C=O) groups is 1. The topological polar surface area (TPSA) is 91.9 Å². The van der Waals surface area contributed by atoms with Gasteiger partial charge < -0.3 is 23.5 Å². The Bertz CT molecular complexity index is 998. The van der Waals surface area contributed by atoms with E-state index < -0.39 is 0 Å². The standard InChI is InChI=1S/C21H26N4O5/c1-15-14-29-19-17-5-3-4-6-18(17)30-20(19)21(26)25(15)8-7-16-13-24(23-22-16)9-10-28-12-11-27-2/h3-6,13,15H,7-12,14H2,1-2H3. The number of hydrogen-bond donors (Lipinski definition) is 0. The van der Waals surface area contributed by atoms with Crippen LogP contribution in [-0.2, 0) is 22.4 Å². The molecule has 1 unspecified atom stereocenters. The Morgan fingerprint density at radius 3 is 2.93 bits per heavy atom. The number of ether oxygens (including phenoxy) is 3. The molecule has 0 spiro atoms. The number of nitrogens with zero attached hydrogens (tertiary/aromatic N) is 4. The highest BCUT2D eigenvalue weighted by molar-refractivity contribution is 6.01. The van der Waals surface area contributed by atoms with Crippen LogP contribution in [0.15, 0.2) is 34.9 Å². The first kappa shape index (κ1) is 20.4. The summed E-state index contributed by atoms with van der Waals surface area (Å²) in [6.45, 7) is 5.17. The monoisotopic (exact) mass is 414 g/mol. The first-order valence-electron chi connectivity index (χ1n) is 10.1. The van der Waals surface area contributed by atoms with E-state index in [0.717, 1.165) is 11.1 Å². The molecule has 2 aromatic heterocycles. The number of methoxy groups -OCH3 is 1. The highest BCUT2D eigenvalue weighted by Crippen LogP contribution is 2.36. The highest BCUT2D eigenvalue weighted by atomic mass is 16.5. The van der Waals surface area contributed by atoms with E-state index in [9.17, 15) is 4.79 Å². The maximum absolute atomic E-state index is 13.2. The minimum atomic E-state index is -0.162. The third-order valence-electron chi connectivity index (χ3n) is 5.10. The summed E-state index contributed by atoms with van der Waals surface area (Å²) in [7, 11) is 1.64. The van der Waals surface area contributed by atoms with Crippen LogP contribution in [0.2, 0.25) is 0 Å². The normalized spacial score (nSPS) is 16.5. The Labute approximate surface area is 174 Å². The number of aromatic nitrogens is 3. The van der Waals surface area contributed by atoms with Crippen molar-refractivity contribution in [2.75, 3.05) is 40.1 Å². The zero-order chi connectivity index (χ0) is 20.9. The zero-order valence-electron chi connectivity index (χ0n) is 17.2. The molecule has 4 rings (SSSR count). The van der Waals surface area contributed by atoms with E-state index in [0.29, 0.717) is 57.3 Å². The van der Waals surface area contributed by atoms with Crippen molar-refractivity contribution in [2.45, 2.75) is 25.9 Å². The molecular weight excluding hydrogens is 388 g/mol. The molecule has 1 amide bonds. The molecule has 1 aromatic carbocycles. The number of carbonyl (C=O) groups excluding carboxylic acids is 1. The molecule has 9 heteroatoms. The van der Waals surface area contributed by atoms with Crippen molar-refractivity contribution in [3.63, 3.8) is 0 Å². The number of para-hydroxylation sites is 1. The van der Waals surface area contributed by atoms with Gasteiger partial charge in [-0.15, -0.1) is 5.10 Å². The van der Waals surface area contributed by atoms with Gasteiger partial charge in [-0.3, -0.25) is 4.79 Å². The number of fused-ring (bicyclic) bond motifs is 3. The van der Waals surface area contributed by atoms with E-state index in [2.05, 4.69) is 10.3 Å². The fourth-order valence-corrected chi connectivity index (χ4v) is 3.45. The lowest BCUT2D eigenvalue weighted by Gasteiger charge is -2.25. The minimum Gasteiger partial charge on any atom is -0.487 e. The molecule has 0 saturated carbocycles. The molecule has 3 heterocycles. The lowest BCUT2D eigenvalue weighted by molar-refractivity contribution is 0.0652. The minimum absolute atomic E-state index is 0.0805. The van der Waals surface area contributed by atoms with Crippen molar-refractivity contribution in [1.82, 2.24) is 19.9 Å². The zero-order valence-corrected chi connectivity index (χ0v) is 17.2. The van der Waals surface area contributed by atoms with E-state index in [4.69, 9.17) is 18.6 Å². The second-order valence-electron chi connectivity index (χ2n) is 7.24. The third-order valence-corrected chi connectivity index (χ3v) is 5.10. The summed E-state index contributed by atoms with van der Waals surface area (Å²) >= 11 is 0. The molecule has 0 aliphatic carbocycles. The Balaban J connectivity index is 1.39. The SMILES string of the molecule is COCCOCCn1cc(CCN2C(=O)c3oc4ccccc4c3OCC2C)nn1. The number of rotatable bonds is 9. The molecule has 0 N–H and O–H groups in total. The third kappa shape index (κ3) is 4.31. The fraction of sp³-hybridized carbons (Fsp3) is 0.476. The lowest BCUT2D eigenvalue weighted by atomic mass is 10.2. The Morgan fingerprint density at radius 1 is 1.20 bits per heavy atom. The van der Waals surface area contributed by atoms with Gasteiger partial charge >= 0.3 is 0 Å². The van der Waals surface area contributed by atoms with Crippen LogP contribution in [0.1, 0.15) is 23.2 Å². The molecule has 160 valence electrons. The van der Waals surface area contributed by atoms with Crippen LogP contribution in [0.4, 0.5) is 0 Å². The molecule has 3 aromatic rings. The van der Waals surface area contributed by atoms with Crippen LogP contribution in [0.3, 0.4) is 0 Å². The Morgan fingerprint density at radius 2 is 2.07 bits per heavy atom. The predicted molar refractivity (Wildman–Crippen MR) is 109 cm³/mol. The molecule has 30 heavy (non-hydrogen) atoms. The van der Waals surface area contributed by atoms with Gasteiger partial charge in [0.1, 0.15) is 12.2 Å². The lowest BCUT2D eigenvalue weighted by Crippen LogP contribution is -2.41. The van der Waals surface area contributed by atoms with Crippen molar-refractivity contribution in [2.24, 2.45) is 0 Å². The Hall–Kier alpha value is -2.91. The average molecular weight is 414 g/mol. The maximum Gasteiger partial charge on any atom is 0.293 e. The van der Waals surface area contributed by atoms with Crippen molar-refractivity contribution < 1.29 is 23.4 Å². The van der Waals surface area contributed by atoms with Crippen LogP contribution >= 0.6 is 0 Å². The first-order chi connectivity index (χ1) is 14.7. The molecule has 1 aliphatic heterocycles. The summed E-state index contributed by atoms with van der Waals surface area (Å²) in [4.78, 5) is 14.9. The molecule has 0 saturated heterocycles. The molecule has 0 bridgehead atoms. The second-order valence-corrected chi connectivity index (χ2v) is 7.24. The van der Waals surface area contributed by atoms with Gasteiger partial charge in [0.2, 0.25) is 5.76 Å². The average Bonchev–Trinajstić information content (AvgIpc) is 3.33. The van der Waals surface area contributed by atoms with Gasteiger partial charge in [0.25, 0.3) is 5.91 Å². The van der Waals surface area contributed by atoms with Crippen LogP contribution < -0.4 is 4.74 Å². The highest BCUT2D eigenvalue weighted by Gasteiger charge is 2.33. The van der Waals surface area contributed by atoms with E-state index >= 15 is 0 Å². The van der Waals surface area contributed by atoms with Crippen LogP contribution in [0.5, 0.6) is 5.75 Å². The summed E-state index contributed by atoms with van der Waals surface area (Å²) in [5.41, 5.74) is 1.47. The van der Waals surface area contributed by atoms with Crippen LogP contribution in [0.25, 0.3) is 11.0 Å². The van der Waals surface area contributed by atoms with E-state index in [-0.39, 0.29) is 17.7 Å². The van der Waals surface area contributed by atoms with Crippen LogP contribution in [-0.4, -0.2) is 71.9 Å². The van der Waals surface area contributed by atoms with Crippen molar-refractivity contribution >= 4 is 16.9 Å².